The van der Waals surface area contributed by atoms with Gasteiger partial charge < -0.3 is 5.32 Å². The van der Waals surface area contributed by atoms with E-state index in [9.17, 15) is 8.42 Å². The minimum absolute atomic E-state index is 0.106. The molecule has 1 aromatic carbocycles. The summed E-state index contributed by atoms with van der Waals surface area (Å²) < 4.78 is 22.5. The van der Waals surface area contributed by atoms with Crippen molar-refractivity contribution >= 4 is 27.1 Å². The first-order valence-electron chi connectivity index (χ1n) is 5.61. The molecule has 0 amide bonds. The first kappa shape index (κ1) is 14.3. The Morgan fingerprint density at radius 3 is 2.35 bits per heavy atom. The molecule has 0 fully saturated rings. The number of hydrogen-bond acceptors (Lipinski definition) is 3. The molecule has 0 aliphatic heterocycles. The van der Waals surface area contributed by atoms with E-state index in [1.807, 2.05) is 0 Å². The average Bonchev–Trinajstić information content (AvgIpc) is 2.26. The molecule has 0 radical (unpaired) electrons. The number of hydrogen-bond donors (Lipinski definition) is 1. The fraction of sp³-hybridized carbons (Fsp3) is 0.500. The second-order valence-electron chi connectivity index (χ2n) is 4.06. The Kier molecular flexibility index (Phi) is 5.28. The summed E-state index contributed by atoms with van der Waals surface area (Å²) in [6, 6.07) is 6.71. The van der Waals surface area contributed by atoms with Crippen molar-refractivity contribution in [2.45, 2.75) is 30.0 Å². The Labute approximate surface area is 108 Å². The van der Waals surface area contributed by atoms with E-state index in [2.05, 4.69) is 12.2 Å². The quantitative estimate of drug-likeness (QED) is 0.812. The van der Waals surface area contributed by atoms with E-state index in [4.69, 9.17) is 11.6 Å². The molecule has 0 spiro atoms. The first-order valence-corrected chi connectivity index (χ1v) is 7.94. The van der Waals surface area contributed by atoms with E-state index >= 15 is 0 Å². The average molecular weight is 276 g/mol. The van der Waals surface area contributed by atoms with Crippen molar-refractivity contribution < 1.29 is 8.42 Å². The molecule has 1 unspecified atom stereocenters. The van der Waals surface area contributed by atoms with Crippen molar-refractivity contribution in [2.75, 3.05) is 18.1 Å². The van der Waals surface area contributed by atoms with Crippen LogP contribution in [0.5, 0.6) is 0 Å². The van der Waals surface area contributed by atoms with E-state index in [0.29, 0.717) is 11.4 Å². The smallest absolute Gasteiger partial charge is 0.175 e. The molecule has 3 nitrogen and oxygen atoms in total. The van der Waals surface area contributed by atoms with Gasteiger partial charge in [0.05, 0.1) is 10.3 Å². The summed E-state index contributed by atoms with van der Waals surface area (Å²) in [5.41, 5.74) is 0.888. The molecule has 17 heavy (non-hydrogen) atoms. The number of alkyl halides is 1. The lowest BCUT2D eigenvalue weighted by Crippen LogP contribution is -2.13. The predicted octanol–water partition coefficient (Wildman–Crippen LogP) is 2.91. The number of sulfone groups is 1. The van der Waals surface area contributed by atoms with Crippen molar-refractivity contribution in [2.24, 2.45) is 0 Å². The normalized spacial score (nSPS) is 13.4. The molecule has 0 aliphatic rings. The summed E-state index contributed by atoms with van der Waals surface area (Å²) in [6.07, 6.45) is 3.23. The van der Waals surface area contributed by atoms with Crippen molar-refractivity contribution in [3.05, 3.63) is 24.3 Å². The maximum atomic E-state index is 11.3. The Morgan fingerprint density at radius 2 is 1.88 bits per heavy atom. The van der Waals surface area contributed by atoms with Crippen molar-refractivity contribution in [3.63, 3.8) is 0 Å². The van der Waals surface area contributed by atoms with Crippen LogP contribution in [0, 0.1) is 0 Å². The van der Waals surface area contributed by atoms with Crippen molar-refractivity contribution in [3.8, 4) is 0 Å². The van der Waals surface area contributed by atoms with Crippen molar-refractivity contribution in [1.29, 1.82) is 0 Å². The van der Waals surface area contributed by atoms with Crippen LogP contribution in [0.4, 0.5) is 5.69 Å². The van der Waals surface area contributed by atoms with Gasteiger partial charge in [-0.15, -0.1) is 11.6 Å². The zero-order valence-electron chi connectivity index (χ0n) is 10.1. The van der Waals surface area contributed by atoms with Crippen LogP contribution in [0.1, 0.15) is 19.8 Å². The van der Waals surface area contributed by atoms with Crippen LogP contribution in [0.2, 0.25) is 0 Å². The summed E-state index contributed by atoms with van der Waals surface area (Å²) in [6.45, 7) is 2.78. The second kappa shape index (κ2) is 6.26. The van der Waals surface area contributed by atoms with Gasteiger partial charge in [0.25, 0.3) is 0 Å². The number of benzene rings is 1. The molecule has 0 saturated carbocycles. The van der Waals surface area contributed by atoms with Gasteiger partial charge in [0.2, 0.25) is 0 Å². The monoisotopic (exact) mass is 275 g/mol. The molecule has 0 aliphatic carbocycles. The molecule has 0 bridgehead atoms. The third-order valence-corrected chi connectivity index (χ3v) is 3.91. The van der Waals surface area contributed by atoms with Gasteiger partial charge in [-0.1, -0.05) is 13.3 Å². The molecule has 1 aromatic rings. The van der Waals surface area contributed by atoms with Gasteiger partial charge in [-0.25, -0.2) is 8.42 Å². The third-order valence-electron chi connectivity index (χ3n) is 2.41. The molecule has 5 heteroatoms. The summed E-state index contributed by atoms with van der Waals surface area (Å²) in [4.78, 5) is 0.332. The molecular formula is C12H18ClNO2S. The van der Waals surface area contributed by atoms with Gasteiger partial charge in [-0.2, -0.15) is 0 Å². The molecule has 0 saturated heterocycles. The number of halogens is 1. The van der Waals surface area contributed by atoms with Crippen LogP contribution in [0.15, 0.2) is 29.2 Å². The van der Waals surface area contributed by atoms with Gasteiger partial charge in [0, 0.05) is 18.5 Å². The number of anilines is 1. The zero-order chi connectivity index (χ0) is 12.9. The first-order chi connectivity index (χ1) is 7.93. The van der Waals surface area contributed by atoms with Crippen LogP contribution in [-0.4, -0.2) is 26.6 Å². The second-order valence-corrected chi connectivity index (χ2v) is 6.70. The maximum Gasteiger partial charge on any atom is 0.175 e. The topological polar surface area (TPSA) is 46.2 Å². The van der Waals surface area contributed by atoms with E-state index in [0.717, 1.165) is 18.5 Å². The lowest BCUT2D eigenvalue weighted by atomic mass is 10.2. The third kappa shape index (κ3) is 4.96. The largest absolute Gasteiger partial charge is 0.384 e. The van der Waals surface area contributed by atoms with E-state index in [-0.39, 0.29) is 5.38 Å². The van der Waals surface area contributed by atoms with Crippen LogP contribution < -0.4 is 5.32 Å². The van der Waals surface area contributed by atoms with Gasteiger partial charge in [0.1, 0.15) is 0 Å². The molecule has 1 N–H and O–H groups in total. The van der Waals surface area contributed by atoms with Gasteiger partial charge in [-0.05, 0) is 30.7 Å². The highest BCUT2D eigenvalue weighted by Crippen LogP contribution is 2.14. The molecule has 1 rings (SSSR count). The molecule has 96 valence electrons. The fourth-order valence-corrected chi connectivity index (χ4v) is 2.39. The Morgan fingerprint density at radius 1 is 1.29 bits per heavy atom. The van der Waals surface area contributed by atoms with Crippen LogP contribution in [0.3, 0.4) is 0 Å². The summed E-state index contributed by atoms with van der Waals surface area (Å²) in [5.74, 6) is 0. The molecule has 1 atom stereocenters. The lowest BCUT2D eigenvalue weighted by Gasteiger charge is -2.11. The van der Waals surface area contributed by atoms with Crippen molar-refractivity contribution in [1.82, 2.24) is 0 Å². The minimum Gasteiger partial charge on any atom is -0.384 e. The predicted molar refractivity (Wildman–Crippen MR) is 72.6 cm³/mol. The minimum atomic E-state index is -3.11. The zero-order valence-corrected chi connectivity index (χ0v) is 11.7. The fourth-order valence-electron chi connectivity index (χ4n) is 1.46. The highest BCUT2D eigenvalue weighted by atomic mass is 35.5. The van der Waals surface area contributed by atoms with Gasteiger partial charge in [0.15, 0.2) is 9.84 Å². The summed E-state index contributed by atoms with van der Waals surface area (Å²) >= 11 is 6.08. The highest BCUT2D eigenvalue weighted by molar-refractivity contribution is 7.90. The molecular weight excluding hydrogens is 258 g/mol. The van der Waals surface area contributed by atoms with Crippen LogP contribution in [-0.2, 0) is 9.84 Å². The van der Waals surface area contributed by atoms with E-state index < -0.39 is 9.84 Å². The lowest BCUT2D eigenvalue weighted by molar-refractivity contribution is 0.602. The van der Waals surface area contributed by atoms with Gasteiger partial charge >= 0.3 is 0 Å². The highest BCUT2D eigenvalue weighted by Gasteiger charge is 2.06. The number of rotatable bonds is 6. The number of nitrogens with one attached hydrogen (secondary N) is 1. The maximum absolute atomic E-state index is 11.3. The van der Waals surface area contributed by atoms with E-state index in [1.165, 1.54) is 6.26 Å². The van der Waals surface area contributed by atoms with Crippen LogP contribution in [0.25, 0.3) is 0 Å². The summed E-state index contributed by atoms with van der Waals surface area (Å²) in [5, 5.41) is 3.29. The van der Waals surface area contributed by atoms with Crippen LogP contribution >= 0.6 is 11.6 Å². The SMILES string of the molecule is CCCC(Cl)CNc1ccc(S(C)(=O)=O)cc1. The molecule has 0 heterocycles. The Hall–Kier alpha value is -0.740. The van der Waals surface area contributed by atoms with E-state index in [1.54, 1.807) is 24.3 Å². The Balaban J connectivity index is 2.57. The summed E-state index contributed by atoms with van der Waals surface area (Å²) in [7, 11) is -3.11. The standard InChI is InChI=1S/C12H18ClNO2S/c1-3-4-10(13)9-14-11-5-7-12(8-6-11)17(2,15)16/h5-8,10,14H,3-4,9H2,1-2H3. The Bertz CT molecular complexity index is 442. The van der Waals surface area contributed by atoms with Gasteiger partial charge in [-0.3, -0.25) is 0 Å². The molecule has 0 aromatic heterocycles.